The van der Waals surface area contributed by atoms with Gasteiger partial charge in [-0.2, -0.15) is 5.10 Å². The molecule has 1 heterocycles. The van der Waals surface area contributed by atoms with Gasteiger partial charge in [-0.05, 0) is 30.2 Å². The Morgan fingerprint density at radius 2 is 1.92 bits per heavy atom. The molecule has 136 valence electrons. The Kier molecular flexibility index (Phi) is 4.30. The van der Waals surface area contributed by atoms with Crippen molar-refractivity contribution in [2.75, 3.05) is 0 Å². The predicted molar refractivity (Wildman–Crippen MR) is 98.9 cm³/mol. The van der Waals surface area contributed by atoms with Crippen LogP contribution in [0.25, 0.3) is 10.8 Å². The number of aliphatic hydroxyl groups is 1. The van der Waals surface area contributed by atoms with E-state index in [1.807, 2.05) is 36.5 Å². The first-order valence-corrected chi connectivity index (χ1v) is 10.1. The van der Waals surface area contributed by atoms with Crippen molar-refractivity contribution in [3.8, 4) is 0 Å². The Morgan fingerprint density at radius 1 is 1.19 bits per heavy atom. The van der Waals surface area contributed by atoms with Crippen molar-refractivity contribution in [1.82, 2.24) is 14.5 Å². The van der Waals surface area contributed by atoms with Crippen LogP contribution in [0, 0.1) is 5.92 Å². The maximum atomic E-state index is 13.2. The van der Waals surface area contributed by atoms with Gasteiger partial charge in [0.05, 0.1) is 23.2 Å². The van der Waals surface area contributed by atoms with Gasteiger partial charge >= 0.3 is 0 Å². The number of fused-ring (bicyclic) bond motifs is 1. The zero-order valence-corrected chi connectivity index (χ0v) is 15.2. The topological polar surface area (TPSA) is 84.2 Å². The number of benzene rings is 2. The molecule has 0 saturated heterocycles. The summed E-state index contributed by atoms with van der Waals surface area (Å²) in [6, 6.07) is 12.3. The highest BCUT2D eigenvalue weighted by Gasteiger charge is 2.38. The highest BCUT2D eigenvalue weighted by atomic mass is 32.2. The second-order valence-corrected chi connectivity index (χ2v) is 8.59. The molecule has 1 aliphatic rings. The van der Waals surface area contributed by atoms with E-state index >= 15 is 0 Å². The number of rotatable bonds is 5. The maximum absolute atomic E-state index is 13.2. The number of sulfonamides is 1. The predicted octanol–water partition coefficient (Wildman–Crippen LogP) is 2.36. The zero-order valence-electron chi connectivity index (χ0n) is 14.4. The average molecular weight is 371 g/mol. The summed E-state index contributed by atoms with van der Waals surface area (Å²) in [6.07, 6.45) is 4.30. The molecule has 4 rings (SSSR count). The van der Waals surface area contributed by atoms with Crippen LogP contribution in [0.4, 0.5) is 0 Å². The Bertz CT molecular complexity index is 1030. The molecule has 0 unspecified atom stereocenters. The smallest absolute Gasteiger partial charge is 0.241 e. The summed E-state index contributed by atoms with van der Waals surface area (Å²) in [6.45, 7) is 0. The fourth-order valence-corrected chi connectivity index (χ4v) is 5.12. The molecule has 6 nitrogen and oxygen atoms in total. The molecule has 0 amide bonds. The van der Waals surface area contributed by atoms with Crippen LogP contribution < -0.4 is 4.72 Å². The van der Waals surface area contributed by atoms with E-state index in [1.165, 1.54) is 0 Å². The van der Waals surface area contributed by atoms with E-state index < -0.39 is 16.1 Å². The fourth-order valence-electron chi connectivity index (χ4n) is 3.60. The van der Waals surface area contributed by atoms with Crippen LogP contribution in [0.15, 0.2) is 59.8 Å². The van der Waals surface area contributed by atoms with Crippen molar-refractivity contribution in [3.05, 3.63) is 60.4 Å². The molecule has 26 heavy (non-hydrogen) atoms. The van der Waals surface area contributed by atoms with Crippen LogP contribution in [-0.2, 0) is 17.1 Å². The van der Waals surface area contributed by atoms with Gasteiger partial charge in [0.15, 0.2) is 0 Å². The van der Waals surface area contributed by atoms with E-state index in [1.54, 1.807) is 30.1 Å². The van der Waals surface area contributed by atoms with E-state index in [4.69, 9.17) is 0 Å². The number of nitrogens with zero attached hydrogens (tertiary/aromatic N) is 2. The van der Waals surface area contributed by atoms with Gasteiger partial charge in [0.1, 0.15) is 0 Å². The Balaban J connectivity index is 1.72. The normalized spacial score (nSPS) is 21.5. The van der Waals surface area contributed by atoms with Crippen LogP contribution in [0.3, 0.4) is 0 Å². The molecule has 7 heteroatoms. The summed E-state index contributed by atoms with van der Waals surface area (Å²) in [5.74, 6) is 0.0546. The minimum absolute atomic E-state index is 0.0546. The first-order chi connectivity index (χ1) is 12.4. The van der Waals surface area contributed by atoms with Crippen LogP contribution in [0.5, 0.6) is 0 Å². The highest BCUT2D eigenvalue weighted by Crippen LogP contribution is 2.39. The monoisotopic (exact) mass is 371 g/mol. The molecular formula is C19H21N3O3S. The molecule has 1 atom stereocenters. The molecule has 0 aliphatic heterocycles. The van der Waals surface area contributed by atoms with E-state index in [2.05, 4.69) is 9.82 Å². The van der Waals surface area contributed by atoms with Crippen molar-refractivity contribution >= 4 is 20.8 Å². The summed E-state index contributed by atoms with van der Waals surface area (Å²) in [5, 5.41) is 15.4. The Morgan fingerprint density at radius 3 is 2.62 bits per heavy atom. The number of aryl methyl sites for hydroxylation is 1. The van der Waals surface area contributed by atoms with Crippen LogP contribution >= 0.6 is 0 Å². The van der Waals surface area contributed by atoms with Crippen molar-refractivity contribution < 1.29 is 13.5 Å². The van der Waals surface area contributed by atoms with Gasteiger partial charge in [-0.1, -0.05) is 36.4 Å². The maximum Gasteiger partial charge on any atom is 0.241 e. The van der Waals surface area contributed by atoms with Crippen LogP contribution in [0.1, 0.15) is 24.4 Å². The zero-order chi connectivity index (χ0) is 18.3. The first kappa shape index (κ1) is 17.2. The lowest BCUT2D eigenvalue weighted by Gasteiger charge is -2.37. The molecule has 1 fully saturated rings. The number of hydrogen-bond acceptors (Lipinski definition) is 4. The number of aromatic nitrogens is 2. The molecule has 0 spiro atoms. The van der Waals surface area contributed by atoms with E-state index in [0.29, 0.717) is 18.2 Å². The molecule has 3 aromatic rings. The molecule has 0 bridgehead atoms. The number of nitrogens with one attached hydrogen (secondary N) is 1. The SMILES string of the molecule is Cn1cc([C@@H](NS(=O)(=O)c2cccc3ccccc23)C2CC(O)C2)cn1. The third kappa shape index (κ3) is 3.13. The highest BCUT2D eigenvalue weighted by molar-refractivity contribution is 7.89. The lowest BCUT2D eigenvalue weighted by molar-refractivity contribution is 0.0280. The number of hydrogen-bond donors (Lipinski definition) is 2. The Labute approximate surface area is 152 Å². The minimum Gasteiger partial charge on any atom is -0.393 e. The summed E-state index contributed by atoms with van der Waals surface area (Å²) in [5.41, 5.74) is 0.813. The minimum atomic E-state index is -3.73. The molecular weight excluding hydrogens is 350 g/mol. The molecule has 1 aliphatic carbocycles. The van der Waals surface area contributed by atoms with Crippen LogP contribution in [0.2, 0.25) is 0 Å². The molecule has 2 N–H and O–H groups in total. The summed E-state index contributed by atoms with van der Waals surface area (Å²) in [4.78, 5) is 0.268. The average Bonchev–Trinajstić information content (AvgIpc) is 3.03. The first-order valence-electron chi connectivity index (χ1n) is 8.61. The second-order valence-electron chi connectivity index (χ2n) is 6.91. The van der Waals surface area contributed by atoms with Gasteiger partial charge in [-0.25, -0.2) is 13.1 Å². The van der Waals surface area contributed by atoms with Gasteiger partial charge < -0.3 is 5.11 Å². The summed E-state index contributed by atoms with van der Waals surface area (Å²) >= 11 is 0. The van der Waals surface area contributed by atoms with Crippen molar-refractivity contribution in [1.29, 1.82) is 0 Å². The lowest BCUT2D eigenvalue weighted by Crippen LogP contribution is -2.41. The third-order valence-corrected chi connectivity index (χ3v) is 6.53. The Hall–Kier alpha value is -2.22. The fraction of sp³-hybridized carbons (Fsp3) is 0.316. The molecule has 1 saturated carbocycles. The van der Waals surface area contributed by atoms with Gasteiger partial charge in [-0.3, -0.25) is 4.68 Å². The molecule has 1 aromatic heterocycles. The van der Waals surface area contributed by atoms with Crippen molar-refractivity contribution in [3.63, 3.8) is 0 Å². The molecule has 2 aromatic carbocycles. The van der Waals surface area contributed by atoms with Gasteiger partial charge in [0.2, 0.25) is 10.0 Å². The lowest BCUT2D eigenvalue weighted by atomic mass is 9.76. The van der Waals surface area contributed by atoms with Gasteiger partial charge in [0.25, 0.3) is 0 Å². The third-order valence-electron chi connectivity index (χ3n) is 5.03. The van der Waals surface area contributed by atoms with E-state index in [9.17, 15) is 13.5 Å². The van der Waals surface area contributed by atoms with E-state index in [-0.39, 0.29) is 16.9 Å². The summed E-state index contributed by atoms with van der Waals surface area (Å²) < 4.78 is 30.8. The van der Waals surface area contributed by atoms with E-state index in [0.717, 1.165) is 10.9 Å². The summed E-state index contributed by atoms with van der Waals surface area (Å²) in [7, 11) is -1.93. The second kappa shape index (κ2) is 6.50. The largest absolute Gasteiger partial charge is 0.393 e. The van der Waals surface area contributed by atoms with Crippen LogP contribution in [-0.4, -0.2) is 29.4 Å². The van der Waals surface area contributed by atoms with Gasteiger partial charge in [-0.15, -0.1) is 0 Å². The molecule has 0 radical (unpaired) electrons. The van der Waals surface area contributed by atoms with Crippen molar-refractivity contribution in [2.45, 2.75) is 29.9 Å². The van der Waals surface area contributed by atoms with Gasteiger partial charge in [0, 0.05) is 24.2 Å². The standard InChI is InChI=1S/C19H21N3O3S/c1-22-12-15(11-20-22)19(14-9-16(23)10-14)21-26(24,25)18-8-4-6-13-5-2-3-7-17(13)18/h2-8,11-12,14,16,19,21,23H,9-10H2,1H3/t14?,16?,19-/m0/s1. The van der Waals surface area contributed by atoms with Crippen molar-refractivity contribution in [2.24, 2.45) is 13.0 Å². The quantitative estimate of drug-likeness (QED) is 0.721. The number of aliphatic hydroxyl groups excluding tert-OH is 1.